The van der Waals surface area contributed by atoms with E-state index in [1.807, 2.05) is 60.7 Å². The lowest BCUT2D eigenvalue weighted by Gasteiger charge is -2.12. The minimum atomic E-state index is -3.37. The largest absolute Gasteiger partial charge is 0.282 e. The van der Waals surface area contributed by atoms with Crippen LogP contribution in [0.3, 0.4) is 0 Å². The number of nitrogens with one attached hydrogen (secondary N) is 1. The van der Waals surface area contributed by atoms with Gasteiger partial charge in [0.15, 0.2) is 0 Å². The van der Waals surface area contributed by atoms with Gasteiger partial charge in [-0.25, -0.2) is 13.4 Å². The van der Waals surface area contributed by atoms with Crippen molar-refractivity contribution in [3.63, 3.8) is 0 Å². The number of hydrogen-bond acceptors (Lipinski definition) is 3. The van der Waals surface area contributed by atoms with Crippen LogP contribution in [0.25, 0.3) is 22.2 Å². The summed E-state index contributed by atoms with van der Waals surface area (Å²) in [5.41, 5.74) is 2.81. The van der Waals surface area contributed by atoms with Crippen molar-refractivity contribution in [2.75, 3.05) is 11.0 Å². The summed E-state index contributed by atoms with van der Waals surface area (Å²) in [5.74, 6) is 0. The Morgan fingerprint density at radius 2 is 1.62 bits per heavy atom. The molecule has 1 N–H and O–H groups in total. The van der Waals surface area contributed by atoms with Crippen molar-refractivity contribution in [3.8, 4) is 11.3 Å². The van der Waals surface area contributed by atoms with Crippen LogP contribution in [0.5, 0.6) is 0 Å². The number of anilines is 1. The summed E-state index contributed by atoms with van der Waals surface area (Å²) in [4.78, 5) is 4.60. The first-order valence-corrected chi connectivity index (χ1v) is 8.35. The molecule has 0 saturated heterocycles. The van der Waals surface area contributed by atoms with Gasteiger partial charge < -0.3 is 0 Å². The molecule has 3 rings (SSSR count). The standard InChI is InChI=1S/C16H14N2O2S/c1-21(19,20)18-15-11-13-9-5-6-10-14(13)17-16(15)12-7-3-2-4-8-12/h2-11,18H,1H3. The Labute approximate surface area is 123 Å². The third-order valence-electron chi connectivity index (χ3n) is 3.07. The summed E-state index contributed by atoms with van der Waals surface area (Å²) in [6, 6.07) is 19.0. The summed E-state index contributed by atoms with van der Waals surface area (Å²) in [5, 5.41) is 0.892. The smallest absolute Gasteiger partial charge is 0.229 e. The van der Waals surface area contributed by atoms with Crippen molar-refractivity contribution in [1.29, 1.82) is 0 Å². The molecule has 0 aliphatic rings. The molecule has 106 valence electrons. The highest BCUT2D eigenvalue weighted by Gasteiger charge is 2.12. The zero-order chi connectivity index (χ0) is 14.9. The molecular formula is C16H14N2O2S. The number of fused-ring (bicyclic) bond motifs is 1. The number of benzene rings is 2. The number of pyridine rings is 1. The fraction of sp³-hybridized carbons (Fsp3) is 0.0625. The Morgan fingerprint density at radius 1 is 0.952 bits per heavy atom. The predicted octanol–water partition coefficient (Wildman–Crippen LogP) is 3.27. The minimum Gasteiger partial charge on any atom is -0.282 e. The molecule has 5 heteroatoms. The van der Waals surface area contributed by atoms with Gasteiger partial charge in [-0.1, -0.05) is 48.5 Å². The Hall–Kier alpha value is -2.40. The lowest BCUT2D eigenvalue weighted by atomic mass is 10.1. The van der Waals surface area contributed by atoms with E-state index in [0.29, 0.717) is 11.4 Å². The summed E-state index contributed by atoms with van der Waals surface area (Å²) < 4.78 is 25.7. The van der Waals surface area contributed by atoms with E-state index >= 15 is 0 Å². The van der Waals surface area contributed by atoms with E-state index in [-0.39, 0.29) is 0 Å². The molecule has 0 fully saturated rings. The fourth-order valence-electron chi connectivity index (χ4n) is 2.21. The van der Waals surface area contributed by atoms with Crippen molar-refractivity contribution in [1.82, 2.24) is 4.98 Å². The molecule has 0 radical (unpaired) electrons. The van der Waals surface area contributed by atoms with Gasteiger partial charge in [0.25, 0.3) is 0 Å². The molecule has 1 aromatic heterocycles. The minimum absolute atomic E-state index is 0.488. The van der Waals surface area contributed by atoms with Gasteiger partial charge >= 0.3 is 0 Å². The second-order valence-corrected chi connectivity index (χ2v) is 6.57. The molecule has 0 amide bonds. The van der Waals surface area contributed by atoms with Gasteiger partial charge in [-0.15, -0.1) is 0 Å². The number of rotatable bonds is 3. The summed E-state index contributed by atoms with van der Waals surface area (Å²) in [6.07, 6.45) is 1.14. The number of para-hydroxylation sites is 1. The van der Waals surface area contributed by atoms with Gasteiger partial charge in [0.2, 0.25) is 10.0 Å². The maximum absolute atomic E-state index is 11.6. The van der Waals surface area contributed by atoms with Gasteiger partial charge in [0.05, 0.1) is 23.2 Å². The average Bonchev–Trinajstić information content (AvgIpc) is 2.46. The van der Waals surface area contributed by atoms with Crippen LogP contribution >= 0.6 is 0 Å². The third kappa shape index (κ3) is 3.03. The highest BCUT2D eigenvalue weighted by Crippen LogP contribution is 2.30. The number of nitrogens with zero attached hydrogens (tertiary/aromatic N) is 1. The molecule has 0 spiro atoms. The molecule has 21 heavy (non-hydrogen) atoms. The monoisotopic (exact) mass is 298 g/mol. The van der Waals surface area contributed by atoms with Gasteiger partial charge in [0, 0.05) is 10.9 Å². The summed E-state index contributed by atoms with van der Waals surface area (Å²) in [6.45, 7) is 0. The normalized spacial score (nSPS) is 11.5. The topological polar surface area (TPSA) is 59.1 Å². The Kier molecular flexibility index (Phi) is 3.35. The molecule has 0 atom stereocenters. The Morgan fingerprint density at radius 3 is 2.33 bits per heavy atom. The second kappa shape index (κ2) is 5.18. The van der Waals surface area contributed by atoms with E-state index in [9.17, 15) is 8.42 Å². The van der Waals surface area contributed by atoms with Crippen molar-refractivity contribution in [2.45, 2.75) is 0 Å². The van der Waals surface area contributed by atoms with Crippen molar-refractivity contribution < 1.29 is 8.42 Å². The first-order valence-electron chi connectivity index (χ1n) is 6.46. The first kappa shape index (κ1) is 13.6. The lowest BCUT2D eigenvalue weighted by Crippen LogP contribution is -2.11. The van der Waals surface area contributed by atoms with Crippen molar-refractivity contribution in [3.05, 3.63) is 60.7 Å². The second-order valence-electron chi connectivity index (χ2n) is 4.82. The van der Waals surface area contributed by atoms with E-state index < -0.39 is 10.0 Å². The van der Waals surface area contributed by atoms with Gasteiger partial charge in [-0.2, -0.15) is 0 Å². The molecule has 2 aromatic carbocycles. The Bertz CT molecular complexity index is 891. The van der Waals surface area contributed by atoms with Crippen LogP contribution in [0.4, 0.5) is 5.69 Å². The van der Waals surface area contributed by atoms with E-state index in [1.54, 1.807) is 0 Å². The number of sulfonamides is 1. The maximum Gasteiger partial charge on any atom is 0.229 e. The van der Waals surface area contributed by atoms with Gasteiger partial charge in [0.1, 0.15) is 0 Å². The number of hydrogen-bond donors (Lipinski definition) is 1. The maximum atomic E-state index is 11.6. The lowest BCUT2D eigenvalue weighted by molar-refractivity contribution is 0.607. The molecule has 0 aliphatic heterocycles. The van der Waals surface area contributed by atoms with Crippen LogP contribution in [0.15, 0.2) is 60.7 Å². The van der Waals surface area contributed by atoms with Crippen LogP contribution in [-0.4, -0.2) is 19.7 Å². The molecular weight excluding hydrogens is 284 g/mol. The van der Waals surface area contributed by atoms with Crippen molar-refractivity contribution in [2.24, 2.45) is 0 Å². The Balaban J connectivity index is 2.26. The summed E-state index contributed by atoms with van der Waals surface area (Å²) >= 11 is 0. The fourth-order valence-corrected chi connectivity index (χ4v) is 2.76. The van der Waals surface area contributed by atoms with E-state index in [4.69, 9.17) is 0 Å². The van der Waals surface area contributed by atoms with Crippen LogP contribution in [0.2, 0.25) is 0 Å². The van der Waals surface area contributed by atoms with E-state index in [2.05, 4.69) is 9.71 Å². The number of aromatic nitrogens is 1. The average molecular weight is 298 g/mol. The summed E-state index contributed by atoms with van der Waals surface area (Å²) in [7, 11) is -3.37. The van der Waals surface area contributed by atoms with Crippen molar-refractivity contribution >= 4 is 26.6 Å². The third-order valence-corrected chi connectivity index (χ3v) is 3.66. The van der Waals surface area contributed by atoms with Crippen LogP contribution < -0.4 is 4.72 Å². The van der Waals surface area contributed by atoms with Gasteiger partial charge in [-0.3, -0.25) is 4.72 Å². The quantitative estimate of drug-likeness (QED) is 0.807. The van der Waals surface area contributed by atoms with E-state index in [1.165, 1.54) is 0 Å². The highest BCUT2D eigenvalue weighted by molar-refractivity contribution is 7.92. The highest BCUT2D eigenvalue weighted by atomic mass is 32.2. The molecule has 0 saturated carbocycles. The first-order chi connectivity index (χ1) is 10.0. The SMILES string of the molecule is CS(=O)(=O)Nc1cc2ccccc2nc1-c1ccccc1. The van der Waals surface area contributed by atoms with Gasteiger partial charge in [-0.05, 0) is 12.1 Å². The molecule has 0 bridgehead atoms. The van der Waals surface area contributed by atoms with E-state index in [0.717, 1.165) is 22.7 Å². The molecule has 4 nitrogen and oxygen atoms in total. The molecule has 1 heterocycles. The van der Waals surface area contributed by atoms with Crippen LogP contribution in [-0.2, 0) is 10.0 Å². The molecule has 0 unspecified atom stereocenters. The zero-order valence-corrected chi connectivity index (χ0v) is 12.3. The zero-order valence-electron chi connectivity index (χ0n) is 11.4. The van der Waals surface area contributed by atoms with Crippen LogP contribution in [0.1, 0.15) is 0 Å². The molecule has 3 aromatic rings. The van der Waals surface area contributed by atoms with Crippen LogP contribution in [0, 0.1) is 0 Å². The predicted molar refractivity (Wildman–Crippen MR) is 85.6 cm³/mol. The molecule has 0 aliphatic carbocycles.